The number of benzene rings is 6. The lowest BCUT2D eigenvalue weighted by molar-refractivity contribution is 0.668. The molecular weight excluding hydrogens is 536 g/mol. The van der Waals surface area contributed by atoms with Gasteiger partial charge in [-0.2, -0.15) is 0 Å². The van der Waals surface area contributed by atoms with Crippen LogP contribution in [0.1, 0.15) is 0 Å². The molecule has 2 aromatic heterocycles. The van der Waals surface area contributed by atoms with E-state index in [1.165, 1.54) is 11.1 Å². The van der Waals surface area contributed by atoms with Crippen molar-refractivity contribution in [3.05, 3.63) is 170 Å². The molecule has 0 spiro atoms. The van der Waals surface area contributed by atoms with Gasteiger partial charge in [-0.15, -0.1) is 0 Å². The summed E-state index contributed by atoms with van der Waals surface area (Å²) in [5.74, 6) is 0.820. The van der Waals surface area contributed by atoms with E-state index < -0.39 is 0 Å². The van der Waals surface area contributed by atoms with E-state index in [-0.39, 0.29) is 0 Å². The number of anilines is 3. The highest BCUT2D eigenvalue weighted by Gasteiger charge is 2.19. The maximum absolute atomic E-state index is 6.14. The predicted molar refractivity (Wildman–Crippen MR) is 183 cm³/mol. The Balaban J connectivity index is 1.35. The summed E-state index contributed by atoms with van der Waals surface area (Å²) in [4.78, 5) is 7.48. The van der Waals surface area contributed by atoms with Gasteiger partial charge in [-0.25, -0.2) is 4.98 Å². The van der Waals surface area contributed by atoms with Crippen LogP contribution in [0.5, 0.6) is 0 Å². The Bertz CT molecular complexity index is 2150. The summed E-state index contributed by atoms with van der Waals surface area (Å²) in [7, 11) is 0. The van der Waals surface area contributed by atoms with E-state index in [1.54, 1.807) is 0 Å². The molecule has 0 fully saturated rings. The summed E-state index contributed by atoms with van der Waals surface area (Å²) in [5.41, 5.74) is 11.5. The molecule has 0 aliphatic heterocycles. The highest BCUT2D eigenvalue weighted by Crippen LogP contribution is 2.40. The quantitative estimate of drug-likeness (QED) is 0.201. The molecule has 8 aromatic rings. The van der Waals surface area contributed by atoms with Crippen LogP contribution in [-0.2, 0) is 0 Å². The van der Waals surface area contributed by atoms with Crippen molar-refractivity contribution in [2.75, 3.05) is 4.90 Å². The number of fused-ring (bicyclic) bond motifs is 3. The monoisotopic (exact) mass is 564 g/mol. The average Bonchev–Trinajstić information content (AvgIpc) is 3.48. The number of para-hydroxylation sites is 1. The third-order valence-corrected chi connectivity index (χ3v) is 8.06. The van der Waals surface area contributed by atoms with Crippen molar-refractivity contribution in [2.24, 2.45) is 0 Å². The van der Waals surface area contributed by atoms with Gasteiger partial charge in [0.25, 0.3) is 0 Å². The van der Waals surface area contributed by atoms with Crippen LogP contribution in [0.3, 0.4) is 0 Å². The molecule has 2 heterocycles. The number of furan rings is 1. The molecule has 0 aliphatic rings. The van der Waals surface area contributed by atoms with E-state index in [1.807, 2.05) is 36.4 Å². The van der Waals surface area contributed by atoms with E-state index >= 15 is 0 Å². The first-order valence-corrected chi connectivity index (χ1v) is 14.8. The number of aromatic nitrogens is 1. The van der Waals surface area contributed by atoms with Crippen LogP contribution in [0, 0.1) is 0 Å². The zero-order chi connectivity index (χ0) is 29.3. The summed E-state index contributed by atoms with van der Waals surface area (Å²) in [6, 6.07) is 59.3. The molecule has 8 rings (SSSR count). The van der Waals surface area contributed by atoms with Crippen molar-refractivity contribution in [2.45, 2.75) is 0 Å². The third-order valence-electron chi connectivity index (χ3n) is 8.06. The van der Waals surface area contributed by atoms with Gasteiger partial charge in [0.15, 0.2) is 5.58 Å². The zero-order valence-electron chi connectivity index (χ0n) is 24.0. The van der Waals surface area contributed by atoms with Gasteiger partial charge in [0.05, 0.1) is 0 Å². The van der Waals surface area contributed by atoms with Crippen molar-refractivity contribution in [1.82, 2.24) is 4.98 Å². The Kier molecular flexibility index (Phi) is 6.47. The largest absolute Gasteiger partial charge is 0.454 e. The van der Waals surface area contributed by atoms with Crippen LogP contribution in [0.2, 0.25) is 0 Å². The topological polar surface area (TPSA) is 29.3 Å². The molecule has 44 heavy (non-hydrogen) atoms. The van der Waals surface area contributed by atoms with Crippen LogP contribution < -0.4 is 4.90 Å². The number of nitrogens with zero attached hydrogens (tertiary/aromatic N) is 2. The van der Waals surface area contributed by atoms with Crippen molar-refractivity contribution in [1.29, 1.82) is 0 Å². The minimum atomic E-state index is 0.775. The smallest absolute Gasteiger partial charge is 0.154 e. The van der Waals surface area contributed by atoms with Crippen molar-refractivity contribution in [3.8, 4) is 33.4 Å². The van der Waals surface area contributed by atoms with Gasteiger partial charge in [0.1, 0.15) is 16.9 Å². The van der Waals surface area contributed by atoms with Crippen LogP contribution >= 0.6 is 0 Å². The summed E-state index contributed by atoms with van der Waals surface area (Å²) < 4.78 is 6.14. The standard InChI is InChI=1S/C41H28N2O/c1-4-12-29(13-5-1)32-20-22-35(23-21-32)43(40-25-24-39-41(42-40)37-18-10-11-19-38(37)44-39)36-27-33(30-14-6-2-7-15-30)26-34(28-36)31-16-8-3-9-17-31/h1-28H. The Labute approximate surface area is 256 Å². The second-order valence-corrected chi connectivity index (χ2v) is 10.9. The van der Waals surface area contributed by atoms with Gasteiger partial charge in [-0.3, -0.25) is 4.90 Å². The number of hydrogen-bond donors (Lipinski definition) is 0. The Morgan fingerprint density at radius 1 is 0.386 bits per heavy atom. The minimum Gasteiger partial charge on any atom is -0.454 e. The molecule has 0 radical (unpaired) electrons. The number of hydrogen-bond acceptors (Lipinski definition) is 3. The normalized spacial score (nSPS) is 11.2. The third kappa shape index (κ3) is 4.81. The molecular formula is C41H28N2O. The fourth-order valence-corrected chi connectivity index (χ4v) is 5.89. The van der Waals surface area contributed by atoms with E-state index in [0.29, 0.717) is 0 Å². The summed E-state index contributed by atoms with van der Waals surface area (Å²) >= 11 is 0. The Morgan fingerprint density at radius 2 is 0.909 bits per heavy atom. The van der Waals surface area contributed by atoms with Crippen molar-refractivity contribution in [3.63, 3.8) is 0 Å². The second kappa shape index (κ2) is 11.0. The van der Waals surface area contributed by atoms with E-state index in [4.69, 9.17) is 9.40 Å². The van der Waals surface area contributed by atoms with Gasteiger partial charge in [0, 0.05) is 16.8 Å². The average molecular weight is 565 g/mol. The van der Waals surface area contributed by atoms with Gasteiger partial charge in [0.2, 0.25) is 0 Å². The first-order valence-electron chi connectivity index (χ1n) is 14.8. The lowest BCUT2D eigenvalue weighted by atomic mass is 9.97. The molecule has 208 valence electrons. The van der Waals surface area contributed by atoms with Gasteiger partial charge in [-0.05, 0) is 88.0 Å². The summed E-state index contributed by atoms with van der Waals surface area (Å²) in [6.45, 7) is 0. The van der Waals surface area contributed by atoms with E-state index in [2.05, 4.69) is 138 Å². The molecule has 0 atom stereocenters. The molecule has 6 aromatic carbocycles. The minimum absolute atomic E-state index is 0.775. The van der Waals surface area contributed by atoms with Crippen molar-refractivity contribution >= 4 is 39.3 Å². The predicted octanol–water partition coefficient (Wildman–Crippen LogP) is 11.5. The second-order valence-electron chi connectivity index (χ2n) is 10.9. The summed E-state index contributed by atoms with van der Waals surface area (Å²) in [6.07, 6.45) is 0. The molecule has 0 aliphatic carbocycles. The maximum atomic E-state index is 6.14. The number of rotatable bonds is 6. The fourth-order valence-electron chi connectivity index (χ4n) is 5.89. The first-order chi connectivity index (χ1) is 21.8. The SMILES string of the molecule is c1ccc(-c2ccc(N(c3cc(-c4ccccc4)cc(-c4ccccc4)c3)c3ccc4oc5ccccc5c4n3)cc2)cc1. The van der Waals surface area contributed by atoms with Crippen LogP contribution in [0.4, 0.5) is 17.2 Å². The molecule has 0 amide bonds. The van der Waals surface area contributed by atoms with Crippen LogP contribution in [0.15, 0.2) is 174 Å². The lowest BCUT2D eigenvalue weighted by Gasteiger charge is -2.26. The first kappa shape index (κ1) is 25.8. The zero-order valence-corrected chi connectivity index (χ0v) is 24.0. The molecule has 0 saturated carbocycles. The molecule has 0 bridgehead atoms. The van der Waals surface area contributed by atoms with Gasteiger partial charge < -0.3 is 4.42 Å². The Morgan fingerprint density at radius 3 is 1.52 bits per heavy atom. The van der Waals surface area contributed by atoms with E-state index in [0.717, 1.165) is 61.5 Å². The molecule has 3 nitrogen and oxygen atoms in total. The molecule has 0 saturated heterocycles. The van der Waals surface area contributed by atoms with Gasteiger partial charge in [-0.1, -0.05) is 115 Å². The number of pyridine rings is 1. The molecule has 3 heteroatoms. The molecule has 0 unspecified atom stereocenters. The fraction of sp³-hybridized carbons (Fsp3) is 0. The highest BCUT2D eigenvalue weighted by molar-refractivity contribution is 6.03. The highest BCUT2D eigenvalue weighted by atomic mass is 16.3. The maximum Gasteiger partial charge on any atom is 0.154 e. The van der Waals surface area contributed by atoms with Crippen LogP contribution in [-0.4, -0.2) is 4.98 Å². The van der Waals surface area contributed by atoms with Gasteiger partial charge >= 0.3 is 0 Å². The lowest BCUT2D eigenvalue weighted by Crippen LogP contribution is -2.12. The van der Waals surface area contributed by atoms with Crippen molar-refractivity contribution < 1.29 is 4.42 Å². The molecule has 0 N–H and O–H groups in total. The van der Waals surface area contributed by atoms with E-state index in [9.17, 15) is 0 Å². The Hall–Kier alpha value is -5.93. The summed E-state index contributed by atoms with van der Waals surface area (Å²) in [5, 5.41) is 1.01. The van der Waals surface area contributed by atoms with Crippen LogP contribution in [0.25, 0.3) is 55.4 Å².